The molecule has 0 saturated heterocycles. The van der Waals surface area contributed by atoms with E-state index in [1.165, 1.54) is 0 Å². The van der Waals surface area contributed by atoms with Crippen LogP contribution in [0.1, 0.15) is 320 Å². The summed E-state index contributed by atoms with van der Waals surface area (Å²) in [6.07, 6.45) is 21.8. The van der Waals surface area contributed by atoms with Gasteiger partial charge in [-0.1, -0.05) is 227 Å². The van der Waals surface area contributed by atoms with Crippen LogP contribution in [0, 0.1) is 32.5 Å². The second-order valence-electron chi connectivity index (χ2n) is 36.8. The highest BCUT2D eigenvalue weighted by atomic mass is 16.6. The fraction of sp³-hybridized carbons (Fsp3) is 0.571. The first kappa shape index (κ1) is 81.6. The van der Waals surface area contributed by atoms with Crippen molar-refractivity contribution in [3.8, 4) is 0 Å². The van der Waals surface area contributed by atoms with E-state index < -0.39 is 102 Å². The van der Waals surface area contributed by atoms with Gasteiger partial charge >= 0.3 is 35.8 Å². The summed E-state index contributed by atoms with van der Waals surface area (Å²) in [5.41, 5.74) is -10.8. The maximum Gasteiger partial charge on any atom is 0.312 e. The molecule has 5 unspecified atom stereocenters. The van der Waals surface area contributed by atoms with Gasteiger partial charge in [0.25, 0.3) is 0 Å². The van der Waals surface area contributed by atoms with Gasteiger partial charge in [0.15, 0.2) is 0 Å². The lowest BCUT2D eigenvalue weighted by molar-refractivity contribution is -0.197. The Morgan fingerprint density at radius 1 is 0.227 bits per heavy atom. The third-order valence-corrected chi connectivity index (χ3v) is 27.2. The molecule has 12 heteroatoms. The zero-order valence-corrected chi connectivity index (χ0v) is 67.7. The van der Waals surface area contributed by atoms with Gasteiger partial charge in [-0.05, 0) is 274 Å². The number of ether oxygens (including phenoxy) is 6. The van der Waals surface area contributed by atoms with Gasteiger partial charge in [-0.25, -0.2) is 0 Å². The van der Waals surface area contributed by atoms with Gasteiger partial charge in [-0.2, -0.15) is 0 Å². The van der Waals surface area contributed by atoms with Crippen LogP contribution in [0.4, 0.5) is 0 Å². The second kappa shape index (κ2) is 34.2. The minimum Gasteiger partial charge on any atom is -0.454 e. The molecule has 0 aromatic heterocycles. The van der Waals surface area contributed by atoms with Crippen molar-refractivity contribution >= 4 is 35.8 Å². The van der Waals surface area contributed by atoms with E-state index in [2.05, 4.69) is 0 Å². The Balaban J connectivity index is 1.05. The molecule has 0 aliphatic heterocycles. The molecule has 6 aromatic rings. The number of esters is 6. The van der Waals surface area contributed by atoms with Crippen molar-refractivity contribution in [3.63, 3.8) is 0 Å². The number of carbonyl (C=O) groups excluding carboxylic acids is 6. The first-order chi connectivity index (χ1) is 52.7. The lowest BCUT2D eigenvalue weighted by Gasteiger charge is -2.49. The van der Waals surface area contributed by atoms with Crippen LogP contribution in [0.3, 0.4) is 0 Å². The summed E-state index contributed by atoms with van der Waals surface area (Å²) >= 11 is 0. The molecule has 6 aliphatic carbocycles. The van der Waals surface area contributed by atoms with Gasteiger partial charge in [0.2, 0.25) is 0 Å². The molecule has 6 fully saturated rings. The fourth-order valence-electron chi connectivity index (χ4n) is 21.4. The standard InChI is InChI=1S/C98H126O12/c1-9-88(4,82(100)106-94(60-36-17-37-61-94)76-48-24-11-25-49-76)71-90(6,84(102)108-96(64-40-19-41-65-96)78-52-28-13-29-53-78)73-92(8,86(104)110-98(68-44-21-45-69-98)80-56-32-15-33-57-80)74-91(7,85(103)109-97(66-42-20-43-67-97)79-54-30-14-31-55-79)72-89(5,83(101)107-95(62-38-18-39-63-95)77-50-26-12-27-51-77)70-87(2,3)81(99)105-93(58-34-16-35-59-93)75-46-22-10-23-47-75/h10-15,22-33,46-57H,9,16-21,34-45,58-74H2,1-8H3. The highest BCUT2D eigenvalue weighted by Crippen LogP contribution is 2.59. The molecular weight excluding hydrogens is 1370 g/mol. The monoisotopic (exact) mass is 1490 g/mol. The molecule has 0 N–H and O–H groups in total. The second-order valence-corrected chi connectivity index (χ2v) is 36.8. The lowest BCUT2D eigenvalue weighted by atomic mass is 9.58. The van der Waals surface area contributed by atoms with Gasteiger partial charge in [-0.15, -0.1) is 0 Å². The van der Waals surface area contributed by atoms with Gasteiger partial charge in [-0.3, -0.25) is 28.8 Å². The SMILES string of the molecule is CCC(C)(CC(C)(CC(C)(CC(C)(CC(C)(CC(C)(C)C(=O)OC1(c2ccccc2)CCCCC1)C(=O)OC1(c2ccccc2)CCCCC1)C(=O)OC1(c2ccccc2)CCCCC1)C(=O)OC1(c2ccccc2)CCCCC1)C(=O)OC1(c2ccccc2)CCCCC1)C(=O)OC1(c2ccccc2)CCCCC1. The molecule has 12 rings (SSSR count). The predicted molar refractivity (Wildman–Crippen MR) is 431 cm³/mol. The minimum absolute atomic E-state index is 0.110. The number of hydrogen-bond donors (Lipinski definition) is 0. The average molecular weight is 1500 g/mol. The summed E-state index contributed by atoms with van der Waals surface area (Å²) in [6.45, 7) is 15.0. The van der Waals surface area contributed by atoms with E-state index in [4.69, 9.17) is 28.4 Å². The van der Waals surface area contributed by atoms with E-state index >= 15 is 28.8 Å². The molecule has 0 amide bonds. The van der Waals surface area contributed by atoms with Gasteiger partial charge in [0.05, 0.1) is 32.5 Å². The smallest absolute Gasteiger partial charge is 0.312 e. The predicted octanol–water partition coefficient (Wildman–Crippen LogP) is 23.8. The molecule has 6 aromatic carbocycles. The maximum absolute atomic E-state index is 17.5. The Bertz CT molecular complexity index is 4030. The molecule has 6 aliphatic rings. The normalized spacial score (nSPS) is 22.1. The largest absolute Gasteiger partial charge is 0.454 e. The van der Waals surface area contributed by atoms with Gasteiger partial charge in [0, 0.05) is 0 Å². The van der Waals surface area contributed by atoms with Crippen molar-refractivity contribution in [1.82, 2.24) is 0 Å². The van der Waals surface area contributed by atoms with Crippen LogP contribution in [0.2, 0.25) is 0 Å². The van der Waals surface area contributed by atoms with E-state index in [9.17, 15) is 0 Å². The van der Waals surface area contributed by atoms with Crippen molar-refractivity contribution in [3.05, 3.63) is 215 Å². The van der Waals surface area contributed by atoms with Crippen LogP contribution < -0.4 is 0 Å². The first-order valence-electron chi connectivity index (χ1n) is 42.5. The highest BCUT2D eigenvalue weighted by Gasteiger charge is 2.61. The van der Waals surface area contributed by atoms with Crippen LogP contribution >= 0.6 is 0 Å². The van der Waals surface area contributed by atoms with E-state index in [0.29, 0.717) is 77.0 Å². The van der Waals surface area contributed by atoms with E-state index in [0.717, 1.165) is 149 Å². The van der Waals surface area contributed by atoms with Crippen molar-refractivity contribution in [2.75, 3.05) is 0 Å². The molecule has 0 heterocycles. The van der Waals surface area contributed by atoms with E-state index in [1.807, 2.05) is 237 Å². The molecule has 0 spiro atoms. The summed E-state index contributed by atoms with van der Waals surface area (Å²) in [5, 5.41) is 0. The molecule has 0 bridgehead atoms. The molecule has 6 saturated carbocycles. The number of benzene rings is 6. The first-order valence-corrected chi connectivity index (χ1v) is 42.5. The molecule has 0 radical (unpaired) electrons. The maximum atomic E-state index is 17.5. The topological polar surface area (TPSA) is 158 Å². The van der Waals surface area contributed by atoms with Crippen molar-refractivity contribution in [2.24, 2.45) is 32.5 Å². The van der Waals surface area contributed by atoms with Gasteiger partial charge < -0.3 is 28.4 Å². The minimum atomic E-state index is -1.86. The Morgan fingerprint density at radius 3 is 0.564 bits per heavy atom. The third-order valence-electron chi connectivity index (χ3n) is 27.2. The molecule has 5 atom stereocenters. The van der Waals surface area contributed by atoms with E-state index in [-0.39, 0.29) is 38.5 Å². The van der Waals surface area contributed by atoms with Crippen molar-refractivity contribution in [2.45, 2.75) is 320 Å². The summed E-state index contributed by atoms with van der Waals surface area (Å²) < 4.78 is 44.0. The number of carbonyl (C=O) groups is 6. The summed E-state index contributed by atoms with van der Waals surface area (Å²) in [5.74, 6) is -3.34. The Labute approximate surface area is 657 Å². The molecular formula is C98H126O12. The van der Waals surface area contributed by atoms with E-state index in [1.54, 1.807) is 0 Å². The van der Waals surface area contributed by atoms with Crippen molar-refractivity contribution in [1.29, 1.82) is 0 Å². The summed E-state index contributed by atoms with van der Waals surface area (Å²) in [7, 11) is 0. The van der Waals surface area contributed by atoms with Crippen LogP contribution in [0.25, 0.3) is 0 Å². The van der Waals surface area contributed by atoms with Crippen LogP contribution in [0.5, 0.6) is 0 Å². The number of rotatable bonds is 29. The van der Waals surface area contributed by atoms with Crippen LogP contribution in [0.15, 0.2) is 182 Å². The van der Waals surface area contributed by atoms with Crippen molar-refractivity contribution < 1.29 is 57.2 Å². The number of hydrogen-bond acceptors (Lipinski definition) is 12. The van der Waals surface area contributed by atoms with Gasteiger partial charge in [0.1, 0.15) is 33.6 Å². The Kier molecular flexibility index (Phi) is 25.4. The average Bonchev–Trinajstić information content (AvgIpc) is 0.741. The molecule has 590 valence electrons. The zero-order valence-electron chi connectivity index (χ0n) is 67.7. The summed E-state index contributed by atoms with van der Waals surface area (Å²) in [4.78, 5) is 101. The lowest BCUT2D eigenvalue weighted by Crippen LogP contribution is -2.53. The molecule has 12 nitrogen and oxygen atoms in total. The zero-order chi connectivity index (χ0) is 77.8. The van der Waals surface area contributed by atoms with Crippen LogP contribution in [-0.4, -0.2) is 35.8 Å². The highest BCUT2D eigenvalue weighted by molar-refractivity contribution is 5.87. The Morgan fingerprint density at radius 2 is 0.382 bits per heavy atom. The van der Waals surface area contributed by atoms with Crippen LogP contribution in [-0.2, 0) is 90.8 Å². The summed E-state index contributed by atoms with van der Waals surface area (Å²) in [6, 6.07) is 60.0. The quantitative estimate of drug-likeness (QED) is 0.0324. The fourth-order valence-corrected chi connectivity index (χ4v) is 21.4. The molecule has 110 heavy (non-hydrogen) atoms. The third kappa shape index (κ3) is 17.8. The Hall–Kier alpha value is -7.86.